The second-order valence-corrected chi connectivity index (χ2v) is 10.5. The van der Waals surface area contributed by atoms with Crippen molar-refractivity contribution in [3.63, 3.8) is 0 Å². The van der Waals surface area contributed by atoms with E-state index in [4.69, 9.17) is 26.5 Å². The van der Waals surface area contributed by atoms with Gasteiger partial charge in [-0.1, -0.05) is 23.8 Å². The molecule has 4 N–H and O–H groups in total. The summed E-state index contributed by atoms with van der Waals surface area (Å²) in [6, 6.07) is 4.04. The molecule has 0 radical (unpaired) electrons. The van der Waals surface area contributed by atoms with Crippen molar-refractivity contribution in [1.82, 2.24) is 19.9 Å². The Balaban J connectivity index is 1.20. The number of primary amides is 1. The van der Waals surface area contributed by atoms with E-state index in [0.717, 1.165) is 43.9 Å². The molecule has 11 heteroatoms. The van der Waals surface area contributed by atoms with Gasteiger partial charge in [-0.25, -0.2) is 9.97 Å². The third-order valence-electron chi connectivity index (χ3n) is 7.84. The fourth-order valence-electron chi connectivity index (χ4n) is 5.96. The zero-order valence-electron chi connectivity index (χ0n) is 21.1. The highest BCUT2D eigenvalue weighted by molar-refractivity contribution is 6.32. The van der Waals surface area contributed by atoms with Gasteiger partial charge >= 0.3 is 0 Å². The summed E-state index contributed by atoms with van der Waals surface area (Å²) in [5.74, 6) is 2.06. The molecular formula is C27H30ClN7O3. The highest BCUT2D eigenvalue weighted by atomic mass is 35.5. The topological polar surface area (TPSA) is 131 Å². The molecule has 0 saturated heterocycles. The number of methoxy groups -OCH3 is 1. The van der Waals surface area contributed by atoms with Gasteiger partial charge < -0.3 is 25.5 Å². The van der Waals surface area contributed by atoms with Crippen molar-refractivity contribution < 1.29 is 13.9 Å². The first-order chi connectivity index (χ1) is 18.5. The number of ether oxygens (including phenoxy) is 1. The van der Waals surface area contributed by atoms with E-state index in [1.165, 1.54) is 11.1 Å². The predicted octanol–water partition coefficient (Wildman–Crippen LogP) is 3.56. The fraction of sp³-hybridized carbons (Fsp3) is 0.407. The number of oxazole rings is 1. The van der Waals surface area contributed by atoms with Crippen LogP contribution in [0.5, 0.6) is 5.75 Å². The highest BCUT2D eigenvalue weighted by Crippen LogP contribution is 2.45. The number of hydrogen-bond acceptors (Lipinski definition) is 9. The molecule has 4 atom stereocenters. The Labute approximate surface area is 225 Å². The lowest BCUT2D eigenvalue weighted by molar-refractivity contribution is -0.122. The van der Waals surface area contributed by atoms with Crippen LogP contribution in [0.3, 0.4) is 0 Å². The molecule has 2 aliphatic carbocycles. The molecule has 1 aromatic carbocycles. The Bertz CT molecular complexity index is 1360. The Morgan fingerprint density at radius 1 is 1.21 bits per heavy atom. The molecule has 1 amide bonds. The number of nitrogens with zero attached hydrogens (tertiary/aromatic N) is 4. The summed E-state index contributed by atoms with van der Waals surface area (Å²) in [5.41, 5.74) is 9.00. The van der Waals surface area contributed by atoms with Crippen LogP contribution in [0.25, 0.3) is 0 Å². The van der Waals surface area contributed by atoms with Gasteiger partial charge in [0, 0.05) is 19.1 Å². The van der Waals surface area contributed by atoms with E-state index in [1.54, 1.807) is 25.8 Å². The quantitative estimate of drug-likeness (QED) is 0.370. The maximum atomic E-state index is 12.1. The van der Waals surface area contributed by atoms with E-state index in [9.17, 15) is 4.79 Å². The number of hydrogen-bond donors (Lipinski definition) is 3. The van der Waals surface area contributed by atoms with Crippen LogP contribution in [0.1, 0.15) is 23.4 Å². The fourth-order valence-corrected chi connectivity index (χ4v) is 6.11. The lowest BCUT2D eigenvalue weighted by atomic mass is 9.88. The van der Waals surface area contributed by atoms with Crippen LogP contribution in [0.15, 0.2) is 47.4 Å². The minimum Gasteiger partial charge on any atom is -0.495 e. The lowest BCUT2D eigenvalue weighted by Crippen LogP contribution is -2.41. The van der Waals surface area contributed by atoms with E-state index in [-0.39, 0.29) is 29.7 Å². The Kier molecular flexibility index (Phi) is 6.67. The van der Waals surface area contributed by atoms with Crippen LogP contribution in [0.4, 0.5) is 17.5 Å². The zero-order chi connectivity index (χ0) is 26.2. The molecule has 3 aliphatic rings. The number of rotatable bonds is 8. The Hall–Kier alpha value is -3.63. The second-order valence-electron chi connectivity index (χ2n) is 10.1. The number of aromatic nitrogens is 3. The zero-order valence-corrected chi connectivity index (χ0v) is 21.8. The molecule has 2 bridgehead atoms. The van der Waals surface area contributed by atoms with Gasteiger partial charge in [0.25, 0.3) is 0 Å². The van der Waals surface area contributed by atoms with Gasteiger partial charge in [-0.2, -0.15) is 4.98 Å². The molecule has 2 aromatic heterocycles. The number of carbonyl (C=O) groups is 1. The molecule has 6 rings (SSSR count). The van der Waals surface area contributed by atoms with Crippen molar-refractivity contribution in [3.05, 3.63) is 65.0 Å². The summed E-state index contributed by atoms with van der Waals surface area (Å²) >= 11 is 6.45. The first-order valence-electron chi connectivity index (χ1n) is 12.8. The molecule has 0 unspecified atom stereocenters. The van der Waals surface area contributed by atoms with Crippen molar-refractivity contribution in [1.29, 1.82) is 0 Å². The molecule has 1 saturated carbocycles. The van der Waals surface area contributed by atoms with E-state index in [2.05, 4.69) is 54.8 Å². The van der Waals surface area contributed by atoms with Crippen molar-refractivity contribution in [3.8, 4) is 5.75 Å². The third-order valence-corrected chi connectivity index (χ3v) is 8.12. The van der Waals surface area contributed by atoms with Gasteiger partial charge in [-0.3, -0.25) is 9.69 Å². The predicted molar refractivity (Wildman–Crippen MR) is 143 cm³/mol. The molecular weight excluding hydrogens is 506 g/mol. The van der Waals surface area contributed by atoms with Crippen LogP contribution in [0, 0.1) is 17.8 Å². The molecule has 198 valence electrons. The molecule has 38 heavy (non-hydrogen) atoms. The van der Waals surface area contributed by atoms with E-state index in [1.807, 2.05) is 0 Å². The first kappa shape index (κ1) is 24.7. The number of halogens is 1. The second kappa shape index (κ2) is 10.3. The van der Waals surface area contributed by atoms with E-state index < -0.39 is 0 Å². The smallest absolute Gasteiger partial charge is 0.229 e. The monoisotopic (exact) mass is 535 g/mol. The summed E-state index contributed by atoms with van der Waals surface area (Å²) in [6.07, 6.45) is 11.8. The largest absolute Gasteiger partial charge is 0.495 e. The summed E-state index contributed by atoms with van der Waals surface area (Å²) in [6.45, 7) is 2.49. The number of allylic oxidation sites excluding steroid dienone is 1. The van der Waals surface area contributed by atoms with Gasteiger partial charge in [0.05, 0.1) is 37.7 Å². The van der Waals surface area contributed by atoms with Crippen LogP contribution in [0.2, 0.25) is 5.02 Å². The maximum absolute atomic E-state index is 12.1. The SMILES string of the molecule is COc1cc2c(cc1Nc1ncc(Cl)c(N[C@H]3[C@@H](C(N)=O)[C@@H]4C=C[C@H]3C4)n1)CCN(Cc1ncco1)CC2. The average molecular weight is 536 g/mol. The summed E-state index contributed by atoms with van der Waals surface area (Å²) in [5, 5.41) is 7.08. The van der Waals surface area contributed by atoms with Crippen molar-refractivity contribution in [2.75, 3.05) is 30.8 Å². The Morgan fingerprint density at radius 3 is 2.74 bits per heavy atom. The first-order valence-corrected chi connectivity index (χ1v) is 13.2. The van der Waals surface area contributed by atoms with Crippen LogP contribution in [-0.2, 0) is 24.2 Å². The van der Waals surface area contributed by atoms with E-state index in [0.29, 0.717) is 29.1 Å². The molecule has 1 aliphatic heterocycles. The minimum atomic E-state index is -0.309. The van der Waals surface area contributed by atoms with E-state index >= 15 is 0 Å². The number of benzene rings is 1. The van der Waals surface area contributed by atoms with Crippen molar-refractivity contribution in [2.45, 2.75) is 31.8 Å². The van der Waals surface area contributed by atoms with Crippen molar-refractivity contribution in [2.24, 2.45) is 23.5 Å². The molecule has 3 heterocycles. The average Bonchev–Trinajstić information content (AvgIpc) is 3.64. The number of amides is 1. The standard InChI is InChI=1S/C27H30ClN7O3/c1-37-21-12-16-5-8-35(14-22-30-6-9-38-22)7-4-15(16)11-20(21)32-27-31-13-19(28)26(34-27)33-24-18-3-2-17(10-18)23(24)25(29)36/h2-3,6,9,11-13,17-18,23-24H,4-5,7-8,10,14H2,1H3,(H2,29,36)(H2,31,32,33,34)/t17-,18+,23+,24-/m1/s1. The molecule has 0 spiro atoms. The van der Waals surface area contributed by atoms with Crippen LogP contribution >= 0.6 is 11.6 Å². The van der Waals surface area contributed by atoms with Gasteiger partial charge in [-0.05, 0) is 54.4 Å². The lowest BCUT2D eigenvalue weighted by Gasteiger charge is -2.27. The summed E-state index contributed by atoms with van der Waals surface area (Å²) < 4.78 is 11.1. The van der Waals surface area contributed by atoms with Gasteiger partial charge in [0.2, 0.25) is 17.7 Å². The number of nitrogens with two attached hydrogens (primary N) is 1. The van der Waals surface area contributed by atoms with Gasteiger partial charge in [0.15, 0.2) is 5.82 Å². The molecule has 10 nitrogen and oxygen atoms in total. The number of fused-ring (bicyclic) bond motifs is 3. The third kappa shape index (κ3) is 4.81. The Morgan fingerprint density at radius 2 is 2.00 bits per heavy atom. The van der Waals surface area contributed by atoms with Gasteiger partial charge in [0.1, 0.15) is 17.0 Å². The van der Waals surface area contributed by atoms with Crippen LogP contribution in [-0.4, -0.2) is 52.0 Å². The number of anilines is 3. The highest BCUT2D eigenvalue weighted by Gasteiger charge is 2.47. The van der Waals surface area contributed by atoms with Crippen molar-refractivity contribution >= 4 is 35.0 Å². The normalized spacial score (nSPS) is 24.2. The summed E-state index contributed by atoms with van der Waals surface area (Å²) in [4.78, 5) is 27.8. The van der Waals surface area contributed by atoms with Gasteiger partial charge in [-0.15, -0.1) is 0 Å². The maximum Gasteiger partial charge on any atom is 0.229 e. The number of carbonyl (C=O) groups excluding carboxylic acids is 1. The molecule has 1 fully saturated rings. The summed E-state index contributed by atoms with van der Waals surface area (Å²) in [7, 11) is 1.65. The minimum absolute atomic E-state index is 0.149. The molecule has 3 aromatic rings. The van der Waals surface area contributed by atoms with Crippen LogP contribution < -0.4 is 21.1 Å². The number of nitrogens with one attached hydrogen (secondary N) is 2.